The molecular weight excluding hydrogens is 331 g/mol. The van der Waals surface area contributed by atoms with Crippen molar-refractivity contribution in [2.75, 3.05) is 19.3 Å². The van der Waals surface area contributed by atoms with E-state index in [1.54, 1.807) is 0 Å². The lowest BCUT2D eigenvalue weighted by Gasteiger charge is -2.20. The van der Waals surface area contributed by atoms with Gasteiger partial charge in [-0.05, 0) is 23.8 Å². The van der Waals surface area contributed by atoms with E-state index in [1.807, 2.05) is 30.3 Å². The maximum absolute atomic E-state index is 13.1. The third-order valence-electron chi connectivity index (χ3n) is 3.40. The van der Waals surface area contributed by atoms with Gasteiger partial charge >= 0.3 is 0 Å². The van der Waals surface area contributed by atoms with Crippen molar-refractivity contribution in [2.24, 2.45) is 0 Å². The minimum absolute atomic E-state index is 0.134. The molecule has 7 heteroatoms. The van der Waals surface area contributed by atoms with E-state index in [2.05, 4.69) is 5.32 Å². The van der Waals surface area contributed by atoms with Gasteiger partial charge in [0.2, 0.25) is 10.0 Å². The van der Waals surface area contributed by atoms with Crippen LogP contribution in [0.15, 0.2) is 54.6 Å². The highest BCUT2D eigenvalue weighted by Crippen LogP contribution is 2.08. The minimum Gasteiger partial charge on any atom is -0.351 e. The van der Waals surface area contributed by atoms with Gasteiger partial charge in [-0.1, -0.05) is 36.4 Å². The van der Waals surface area contributed by atoms with Crippen LogP contribution in [0.4, 0.5) is 4.39 Å². The molecule has 0 aromatic heterocycles. The molecule has 2 aromatic carbocycles. The lowest BCUT2D eigenvalue weighted by atomic mass is 10.2. The Morgan fingerprint density at radius 1 is 1.12 bits per heavy atom. The Bertz CT molecular complexity index is 794. The number of halogens is 1. The van der Waals surface area contributed by atoms with Gasteiger partial charge in [-0.2, -0.15) is 4.31 Å². The fraction of sp³-hybridized carbons (Fsp3) is 0.235. The van der Waals surface area contributed by atoms with Gasteiger partial charge in [0, 0.05) is 25.2 Å². The van der Waals surface area contributed by atoms with Crippen LogP contribution in [0.25, 0.3) is 0 Å². The second-order valence-corrected chi connectivity index (χ2v) is 7.33. The molecule has 2 aromatic rings. The van der Waals surface area contributed by atoms with Gasteiger partial charge in [0.15, 0.2) is 0 Å². The first-order chi connectivity index (χ1) is 11.4. The zero-order valence-electron chi connectivity index (χ0n) is 13.3. The van der Waals surface area contributed by atoms with E-state index in [4.69, 9.17) is 0 Å². The average molecular weight is 350 g/mol. The van der Waals surface area contributed by atoms with E-state index in [9.17, 15) is 17.6 Å². The third kappa shape index (κ3) is 5.43. The predicted molar refractivity (Wildman–Crippen MR) is 90.4 cm³/mol. The first kappa shape index (κ1) is 18.1. The van der Waals surface area contributed by atoms with Crippen LogP contribution in [0, 0.1) is 5.82 Å². The summed E-state index contributed by atoms with van der Waals surface area (Å²) < 4.78 is 38.2. The van der Waals surface area contributed by atoms with E-state index in [-0.39, 0.29) is 25.2 Å². The van der Waals surface area contributed by atoms with Crippen LogP contribution < -0.4 is 5.32 Å². The number of carbonyl (C=O) groups excluding carboxylic acids is 1. The molecular formula is C17H19FN2O3S. The first-order valence-corrected chi connectivity index (χ1v) is 9.24. The molecule has 0 radical (unpaired) electrons. The van der Waals surface area contributed by atoms with Crippen LogP contribution in [0.5, 0.6) is 0 Å². The quantitative estimate of drug-likeness (QED) is 0.831. The average Bonchev–Trinajstić information content (AvgIpc) is 2.54. The second kappa shape index (κ2) is 8.03. The summed E-state index contributed by atoms with van der Waals surface area (Å²) in [7, 11) is -3.41. The Labute approximate surface area is 141 Å². The fourth-order valence-electron chi connectivity index (χ4n) is 2.18. The third-order valence-corrected chi connectivity index (χ3v) is 4.65. The van der Waals surface area contributed by atoms with E-state index >= 15 is 0 Å². The second-order valence-electron chi connectivity index (χ2n) is 5.35. The first-order valence-electron chi connectivity index (χ1n) is 7.39. The Hall–Kier alpha value is -2.25. The van der Waals surface area contributed by atoms with Gasteiger partial charge < -0.3 is 5.32 Å². The van der Waals surface area contributed by atoms with Crippen LogP contribution in [-0.2, 0) is 16.6 Å². The molecule has 0 spiro atoms. The molecule has 0 saturated carbocycles. The standard InChI is InChI=1S/C17H19FN2O3S/c1-24(22,23)20(13-14-6-3-2-4-7-14)11-10-19-17(21)15-8-5-9-16(18)12-15/h2-9,12H,10-11,13H2,1H3,(H,19,21). The van der Waals surface area contributed by atoms with Gasteiger partial charge in [0.1, 0.15) is 5.82 Å². The van der Waals surface area contributed by atoms with Gasteiger partial charge in [-0.25, -0.2) is 12.8 Å². The topological polar surface area (TPSA) is 66.5 Å². The summed E-state index contributed by atoms with van der Waals surface area (Å²) in [5.74, 6) is -0.938. The van der Waals surface area contributed by atoms with Crippen LogP contribution >= 0.6 is 0 Å². The van der Waals surface area contributed by atoms with E-state index in [1.165, 1.54) is 22.5 Å². The maximum Gasteiger partial charge on any atom is 0.251 e. The van der Waals surface area contributed by atoms with Crippen molar-refractivity contribution >= 4 is 15.9 Å². The predicted octanol–water partition coefficient (Wildman–Crippen LogP) is 2.02. The SMILES string of the molecule is CS(=O)(=O)N(CCNC(=O)c1cccc(F)c1)Cc1ccccc1. The molecule has 1 amide bonds. The summed E-state index contributed by atoms with van der Waals surface area (Å²) in [6.07, 6.45) is 1.13. The summed E-state index contributed by atoms with van der Waals surface area (Å²) in [5.41, 5.74) is 1.06. The van der Waals surface area contributed by atoms with Crippen LogP contribution in [0.3, 0.4) is 0 Å². The van der Waals surface area contributed by atoms with Gasteiger partial charge in [0.25, 0.3) is 5.91 Å². The number of hydrogen-bond donors (Lipinski definition) is 1. The molecule has 0 unspecified atom stereocenters. The molecule has 0 bridgehead atoms. The maximum atomic E-state index is 13.1. The highest BCUT2D eigenvalue weighted by atomic mass is 32.2. The van der Waals surface area contributed by atoms with Crippen molar-refractivity contribution in [1.82, 2.24) is 9.62 Å². The Morgan fingerprint density at radius 3 is 2.46 bits per heavy atom. The van der Waals surface area contributed by atoms with Crippen LogP contribution in [-0.4, -0.2) is 38.0 Å². The molecule has 0 fully saturated rings. The van der Waals surface area contributed by atoms with Crippen molar-refractivity contribution in [3.8, 4) is 0 Å². The molecule has 0 aliphatic rings. The number of nitrogens with zero attached hydrogens (tertiary/aromatic N) is 1. The zero-order chi connectivity index (χ0) is 17.6. The zero-order valence-corrected chi connectivity index (χ0v) is 14.1. The van der Waals surface area contributed by atoms with Crippen molar-refractivity contribution in [2.45, 2.75) is 6.54 Å². The lowest BCUT2D eigenvalue weighted by Crippen LogP contribution is -2.37. The van der Waals surface area contributed by atoms with Crippen molar-refractivity contribution < 1.29 is 17.6 Å². The lowest BCUT2D eigenvalue weighted by molar-refractivity contribution is 0.0951. The molecule has 0 heterocycles. The Morgan fingerprint density at radius 2 is 1.83 bits per heavy atom. The summed E-state index contributed by atoms with van der Waals surface area (Å²) in [6, 6.07) is 14.5. The molecule has 0 atom stereocenters. The number of benzene rings is 2. The van der Waals surface area contributed by atoms with Crippen molar-refractivity contribution in [3.63, 3.8) is 0 Å². The van der Waals surface area contributed by atoms with Crippen molar-refractivity contribution in [1.29, 1.82) is 0 Å². The molecule has 128 valence electrons. The summed E-state index contributed by atoms with van der Waals surface area (Å²) in [5, 5.41) is 2.60. The van der Waals surface area contributed by atoms with Gasteiger partial charge in [-0.3, -0.25) is 4.79 Å². The van der Waals surface area contributed by atoms with Crippen molar-refractivity contribution in [3.05, 3.63) is 71.5 Å². The number of carbonyl (C=O) groups is 1. The minimum atomic E-state index is -3.41. The van der Waals surface area contributed by atoms with Crippen LogP contribution in [0.2, 0.25) is 0 Å². The Kier molecular flexibility index (Phi) is 6.05. The van der Waals surface area contributed by atoms with Gasteiger partial charge in [-0.15, -0.1) is 0 Å². The summed E-state index contributed by atoms with van der Waals surface area (Å²) >= 11 is 0. The molecule has 5 nitrogen and oxygen atoms in total. The van der Waals surface area contributed by atoms with E-state index in [0.717, 1.165) is 17.9 Å². The normalized spacial score (nSPS) is 11.5. The molecule has 0 aliphatic carbocycles. The van der Waals surface area contributed by atoms with E-state index in [0.29, 0.717) is 0 Å². The smallest absolute Gasteiger partial charge is 0.251 e. The largest absolute Gasteiger partial charge is 0.351 e. The van der Waals surface area contributed by atoms with Gasteiger partial charge in [0.05, 0.1) is 6.26 Å². The molecule has 2 rings (SSSR count). The highest BCUT2D eigenvalue weighted by Gasteiger charge is 2.17. The number of hydrogen-bond acceptors (Lipinski definition) is 3. The highest BCUT2D eigenvalue weighted by molar-refractivity contribution is 7.88. The molecule has 0 saturated heterocycles. The molecule has 24 heavy (non-hydrogen) atoms. The van der Waals surface area contributed by atoms with E-state index < -0.39 is 21.7 Å². The number of sulfonamides is 1. The summed E-state index contributed by atoms with van der Waals surface area (Å²) in [4.78, 5) is 11.9. The monoisotopic (exact) mass is 350 g/mol. The number of rotatable bonds is 7. The fourth-order valence-corrected chi connectivity index (χ4v) is 2.98. The molecule has 1 N–H and O–H groups in total. The summed E-state index contributed by atoms with van der Waals surface area (Å²) in [6.45, 7) is 0.500. The molecule has 0 aliphatic heterocycles. The number of nitrogens with one attached hydrogen (secondary N) is 1. The Balaban J connectivity index is 1.95. The number of amides is 1. The van der Waals surface area contributed by atoms with Crippen LogP contribution in [0.1, 0.15) is 15.9 Å².